The topological polar surface area (TPSA) is 85.8 Å². The molecule has 0 aliphatic heterocycles. The van der Waals surface area contributed by atoms with E-state index >= 15 is 0 Å². The fourth-order valence-corrected chi connectivity index (χ4v) is 5.61. The predicted molar refractivity (Wildman–Crippen MR) is 145 cm³/mol. The fourth-order valence-electron chi connectivity index (χ4n) is 3.48. The molecule has 176 valence electrons. The summed E-state index contributed by atoms with van der Waals surface area (Å²) in [5, 5.41) is 13.0. The Morgan fingerprint density at radius 1 is 1.20 bits per heavy atom. The second-order valence-electron chi connectivity index (χ2n) is 7.71. The van der Waals surface area contributed by atoms with Gasteiger partial charge >= 0.3 is 0 Å². The number of hydrogen-bond donors (Lipinski definition) is 1. The number of fused-ring (bicyclic) bond motifs is 1. The summed E-state index contributed by atoms with van der Waals surface area (Å²) >= 11 is 6.28. The SMILES string of the molecule is C=CCn1c(SCC(=O)Nc2ccc(-c3nc4ccc(C)cc4s3)cc2)nnc1-c1ccc(Br)o1. The van der Waals surface area contributed by atoms with Crippen molar-refractivity contribution in [3.8, 4) is 22.2 Å². The van der Waals surface area contributed by atoms with Crippen LogP contribution >= 0.6 is 39.0 Å². The summed E-state index contributed by atoms with van der Waals surface area (Å²) in [7, 11) is 0. The fraction of sp³-hybridized carbons (Fsp3) is 0.120. The van der Waals surface area contributed by atoms with Crippen LogP contribution in [0.4, 0.5) is 5.69 Å². The number of allylic oxidation sites excluding steroid dienone is 1. The molecule has 0 aliphatic carbocycles. The molecule has 5 aromatic rings. The van der Waals surface area contributed by atoms with E-state index in [1.807, 2.05) is 41.0 Å². The van der Waals surface area contributed by atoms with Gasteiger partial charge < -0.3 is 9.73 Å². The number of thioether (sulfide) groups is 1. The van der Waals surface area contributed by atoms with Gasteiger partial charge in [0.2, 0.25) is 11.7 Å². The van der Waals surface area contributed by atoms with E-state index in [2.05, 4.69) is 57.1 Å². The van der Waals surface area contributed by atoms with E-state index in [0.29, 0.717) is 28.0 Å². The number of aryl methyl sites for hydroxylation is 1. The molecule has 0 saturated heterocycles. The van der Waals surface area contributed by atoms with Crippen LogP contribution in [0.5, 0.6) is 0 Å². The first-order chi connectivity index (χ1) is 17.0. The maximum Gasteiger partial charge on any atom is 0.234 e. The van der Waals surface area contributed by atoms with E-state index < -0.39 is 0 Å². The summed E-state index contributed by atoms with van der Waals surface area (Å²) in [6.45, 7) is 6.38. The Hall–Kier alpha value is -3.21. The Morgan fingerprint density at radius 3 is 2.77 bits per heavy atom. The van der Waals surface area contributed by atoms with Gasteiger partial charge in [-0.05, 0) is 76.9 Å². The molecule has 3 aromatic heterocycles. The van der Waals surface area contributed by atoms with Gasteiger partial charge in [0.15, 0.2) is 15.6 Å². The summed E-state index contributed by atoms with van der Waals surface area (Å²) in [5.74, 6) is 1.23. The molecule has 0 unspecified atom stereocenters. The largest absolute Gasteiger partial charge is 0.446 e. The van der Waals surface area contributed by atoms with Crippen LogP contribution in [0.3, 0.4) is 0 Å². The first kappa shape index (κ1) is 23.5. The average Bonchev–Trinajstić information content (AvgIpc) is 3.56. The molecule has 5 rings (SSSR count). The summed E-state index contributed by atoms with van der Waals surface area (Å²) in [6.07, 6.45) is 1.75. The van der Waals surface area contributed by atoms with E-state index in [1.54, 1.807) is 23.5 Å². The molecule has 0 saturated carbocycles. The van der Waals surface area contributed by atoms with Crippen molar-refractivity contribution < 1.29 is 9.21 Å². The average molecular weight is 567 g/mol. The summed E-state index contributed by atoms with van der Waals surface area (Å²) in [4.78, 5) is 17.3. The molecular formula is C25H20BrN5O2S2. The number of hydrogen-bond acceptors (Lipinski definition) is 7. The molecule has 10 heteroatoms. The zero-order valence-corrected chi connectivity index (χ0v) is 21.9. The molecule has 2 aromatic carbocycles. The Balaban J connectivity index is 1.23. The number of anilines is 1. The third kappa shape index (κ3) is 5.24. The van der Waals surface area contributed by atoms with E-state index in [0.717, 1.165) is 21.8 Å². The van der Waals surface area contributed by atoms with Crippen molar-refractivity contribution in [1.82, 2.24) is 19.7 Å². The van der Waals surface area contributed by atoms with E-state index in [9.17, 15) is 4.79 Å². The minimum absolute atomic E-state index is 0.131. The van der Waals surface area contributed by atoms with Crippen LogP contribution in [-0.4, -0.2) is 31.4 Å². The van der Waals surface area contributed by atoms with Crippen molar-refractivity contribution in [3.05, 3.63) is 77.5 Å². The molecule has 0 bridgehead atoms. The minimum atomic E-state index is -0.131. The third-order valence-electron chi connectivity index (χ3n) is 5.11. The Morgan fingerprint density at radius 2 is 2.03 bits per heavy atom. The smallest absolute Gasteiger partial charge is 0.234 e. The van der Waals surface area contributed by atoms with Crippen LogP contribution in [0, 0.1) is 6.92 Å². The summed E-state index contributed by atoms with van der Waals surface area (Å²) < 4.78 is 9.25. The number of furan rings is 1. The number of nitrogens with zero attached hydrogens (tertiary/aromatic N) is 4. The van der Waals surface area contributed by atoms with Crippen molar-refractivity contribution >= 4 is 60.8 Å². The van der Waals surface area contributed by atoms with Crippen molar-refractivity contribution in [3.63, 3.8) is 0 Å². The van der Waals surface area contributed by atoms with Crippen LogP contribution in [0.15, 0.2) is 81.5 Å². The predicted octanol–water partition coefficient (Wildman–Crippen LogP) is 6.80. The molecule has 0 atom stereocenters. The van der Waals surface area contributed by atoms with Crippen molar-refractivity contribution in [2.75, 3.05) is 11.1 Å². The van der Waals surface area contributed by atoms with Crippen LogP contribution in [0.25, 0.3) is 32.4 Å². The third-order valence-corrected chi connectivity index (χ3v) is 7.57. The van der Waals surface area contributed by atoms with E-state index in [4.69, 9.17) is 9.40 Å². The van der Waals surface area contributed by atoms with E-state index in [-0.39, 0.29) is 11.7 Å². The van der Waals surface area contributed by atoms with Gasteiger partial charge in [-0.1, -0.05) is 23.9 Å². The number of carbonyl (C=O) groups excluding carboxylic acids is 1. The normalized spacial score (nSPS) is 11.1. The highest BCUT2D eigenvalue weighted by atomic mass is 79.9. The molecule has 1 N–H and O–H groups in total. The Kier molecular flexibility index (Phi) is 6.85. The van der Waals surface area contributed by atoms with Gasteiger partial charge in [0.1, 0.15) is 5.01 Å². The minimum Gasteiger partial charge on any atom is -0.446 e. The highest BCUT2D eigenvalue weighted by Crippen LogP contribution is 2.31. The molecule has 0 spiro atoms. The van der Waals surface area contributed by atoms with Crippen LogP contribution in [0.1, 0.15) is 5.56 Å². The lowest BCUT2D eigenvalue weighted by molar-refractivity contribution is -0.113. The lowest BCUT2D eigenvalue weighted by atomic mass is 10.2. The number of benzene rings is 2. The van der Waals surface area contributed by atoms with Gasteiger partial charge in [-0.25, -0.2) is 4.98 Å². The molecule has 7 nitrogen and oxygen atoms in total. The van der Waals surface area contributed by atoms with Gasteiger partial charge in [-0.15, -0.1) is 28.1 Å². The van der Waals surface area contributed by atoms with Gasteiger partial charge in [-0.2, -0.15) is 0 Å². The van der Waals surface area contributed by atoms with Crippen LogP contribution < -0.4 is 5.32 Å². The number of aromatic nitrogens is 4. The summed E-state index contributed by atoms with van der Waals surface area (Å²) in [6, 6.07) is 17.6. The standard InChI is InChI=1S/C25H20BrN5O2S2/c1-3-12-31-23(19-10-11-21(26)33-19)29-30-25(31)34-14-22(32)27-17-7-5-16(6-8-17)24-28-18-9-4-15(2)13-20(18)35-24/h3-11,13H,1,12,14H2,2H3,(H,27,32). The van der Waals surface area contributed by atoms with Gasteiger partial charge in [0, 0.05) is 17.8 Å². The number of thiazole rings is 1. The molecule has 3 heterocycles. The number of nitrogens with one attached hydrogen (secondary N) is 1. The first-order valence-electron chi connectivity index (χ1n) is 10.7. The number of carbonyl (C=O) groups is 1. The van der Waals surface area contributed by atoms with E-state index in [1.165, 1.54) is 22.0 Å². The van der Waals surface area contributed by atoms with Crippen molar-refractivity contribution in [1.29, 1.82) is 0 Å². The maximum absolute atomic E-state index is 12.6. The highest BCUT2D eigenvalue weighted by Gasteiger charge is 2.17. The number of halogens is 1. The maximum atomic E-state index is 12.6. The molecule has 0 fully saturated rings. The van der Waals surface area contributed by atoms with Gasteiger partial charge in [0.25, 0.3) is 0 Å². The van der Waals surface area contributed by atoms with Crippen LogP contribution in [-0.2, 0) is 11.3 Å². The number of amides is 1. The molecule has 35 heavy (non-hydrogen) atoms. The Labute approximate surface area is 218 Å². The second-order valence-corrected chi connectivity index (χ2v) is 10.5. The lowest BCUT2D eigenvalue weighted by Crippen LogP contribution is -2.14. The Bertz CT molecular complexity index is 1520. The van der Waals surface area contributed by atoms with Crippen molar-refractivity contribution in [2.45, 2.75) is 18.6 Å². The van der Waals surface area contributed by atoms with Crippen molar-refractivity contribution in [2.24, 2.45) is 0 Å². The lowest BCUT2D eigenvalue weighted by Gasteiger charge is -2.07. The molecule has 1 amide bonds. The second kappa shape index (κ2) is 10.2. The summed E-state index contributed by atoms with van der Waals surface area (Å²) in [5.41, 5.74) is 3.96. The van der Waals surface area contributed by atoms with Crippen LogP contribution in [0.2, 0.25) is 0 Å². The number of rotatable bonds is 8. The molecule has 0 radical (unpaired) electrons. The first-order valence-corrected chi connectivity index (χ1v) is 13.3. The monoisotopic (exact) mass is 565 g/mol. The zero-order chi connectivity index (χ0) is 24.4. The van der Waals surface area contributed by atoms with Gasteiger partial charge in [0.05, 0.1) is 16.0 Å². The molecular weight excluding hydrogens is 546 g/mol. The zero-order valence-electron chi connectivity index (χ0n) is 18.7. The highest BCUT2D eigenvalue weighted by molar-refractivity contribution is 9.10. The van der Waals surface area contributed by atoms with Gasteiger partial charge in [-0.3, -0.25) is 9.36 Å². The quantitative estimate of drug-likeness (QED) is 0.164. The molecule has 0 aliphatic rings.